The molecule has 0 saturated heterocycles. The molecular weight excluding hydrogens is 281 g/mol. The highest BCUT2D eigenvalue weighted by molar-refractivity contribution is 7.78. The van der Waals surface area contributed by atoms with E-state index in [1.54, 1.807) is 12.1 Å². The molecule has 0 amide bonds. The summed E-state index contributed by atoms with van der Waals surface area (Å²) >= 11 is 4.51. The van der Waals surface area contributed by atoms with Gasteiger partial charge in [-0.25, -0.2) is 4.39 Å². The van der Waals surface area contributed by atoms with Crippen molar-refractivity contribution in [3.8, 4) is 0 Å². The Morgan fingerprint density at radius 3 is 2.43 bits per heavy atom. The van der Waals surface area contributed by atoms with E-state index < -0.39 is 0 Å². The van der Waals surface area contributed by atoms with Crippen LogP contribution in [-0.4, -0.2) is 5.16 Å². The standard InChI is InChI=1S/C18H24FNS/c1-2-3-14-4-6-15(7-5-14)8-9-16-10-11-18(20-13-21)17(19)12-16/h10-12,14-15H,2-9H2,1H3. The number of thiocarbonyl (C=S) groups is 1. The highest BCUT2D eigenvalue weighted by Gasteiger charge is 2.20. The van der Waals surface area contributed by atoms with E-state index in [1.807, 2.05) is 6.07 Å². The number of aliphatic imine (C=N–C) groups is 1. The molecule has 0 heterocycles. The summed E-state index contributed by atoms with van der Waals surface area (Å²) in [6.45, 7) is 2.28. The van der Waals surface area contributed by atoms with Crippen LogP contribution in [0.25, 0.3) is 0 Å². The van der Waals surface area contributed by atoms with Crippen LogP contribution < -0.4 is 0 Å². The molecule has 1 saturated carbocycles. The maximum absolute atomic E-state index is 13.8. The van der Waals surface area contributed by atoms with Gasteiger partial charge in [-0.2, -0.15) is 4.99 Å². The van der Waals surface area contributed by atoms with E-state index in [0.29, 0.717) is 0 Å². The summed E-state index contributed by atoms with van der Waals surface area (Å²) in [4.78, 5) is 3.71. The fourth-order valence-corrected chi connectivity index (χ4v) is 3.53. The van der Waals surface area contributed by atoms with Gasteiger partial charge in [0, 0.05) is 0 Å². The maximum Gasteiger partial charge on any atom is 0.149 e. The summed E-state index contributed by atoms with van der Waals surface area (Å²) in [5.74, 6) is 1.48. The Hall–Kier alpha value is -1.05. The maximum atomic E-state index is 13.8. The minimum atomic E-state index is -0.295. The van der Waals surface area contributed by atoms with E-state index in [9.17, 15) is 4.39 Å². The smallest absolute Gasteiger partial charge is 0.149 e. The van der Waals surface area contributed by atoms with Crippen LogP contribution in [0.2, 0.25) is 0 Å². The number of aryl methyl sites for hydroxylation is 1. The van der Waals surface area contributed by atoms with Crippen molar-refractivity contribution < 1.29 is 4.39 Å². The molecule has 0 bridgehead atoms. The molecule has 21 heavy (non-hydrogen) atoms. The SMILES string of the molecule is CCCC1CCC(CCc2ccc(N=C=S)c(F)c2)CC1. The van der Waals surface area contributed by atoms with Gasteiger partial charge < -0.3 is 0 Å². The first-order chi connectivity index (χ1) is 10.2. The van der Waals surface area contributed by atoms with E-state index in [4.69, 9.17) is 0 Å². The minimum absolute atomic E-state index is 0.286. The molecule has 2 rings (SSSR count). The molecule has 0 radical (unpaired) electrons. The molecule has 1 aliphatic rings. The third-order valence-corrected chi connectivity index (χ3v) is 4.77. The summed E-state index contributed by atoms with van der Waals surface area (Å²) < 4.78 is 13.8. The van der Waals surface area contributed by atoms with Gasteiger partial charge in [-0.15, -0.1) is 0 Å². The molecule has 1 aliphatic carbocycles. The van der Waals surface area contributed by atoms with Gasteiger partial charge in [-0.05, 0) is 54.6 Å². The highest BCUT2D eigenvalue weighted by Crippen LogP contribution is 2.34. The third kappa shape index (κ3) is 5.01. The number of rotatable bonds is 6. The molecule has 0 spiro atoms. The number of nitrogens with zero attached hydrogens (tertiary/aromatic N) is 1. The van der Waals surface area contributed by atoms with E-state index in [1.165, 1.54) is 44.9 Å². The fraction of sp³-hybridized carbons (Fsp3) is 0.611. The number of hydrogen-bond donors (Lipinski definition) is 0. The second kappa shape index (κ2) is 8.41. The molecule has 1 aromatic rings. The van der Waals surface area contributed by atoms with Crippen LogP contribution in [0.1, 0.15) is 57.4 Å². The van der Waals surface area contributed by atoms with Crippen molar-refractivity contribution in [3.05, 3.63) is 29.6 Å². The first kappa shape index (κ1) is 16.3. The van der Waals surface area contributed by atoms with E-state index in [-0.39, 0.29) is 11.5 Å². The third-order valence-electron chi connectivity index (χ3n) is 4.68. The zero-order chi connectivity index (χ0) is 15.1. The predicted molar refractivity (Wildman–Crippen MR) is 89.8 cm³/mol. The molecule has 114 valence electrons. The zero-order valence-corrected chi connectivity index (χ0v) is 13.6. The summed E-state index contributed by atoms with van der Waals surface area (Å²) in [5, 5.41) is 2.21. The number of isothiocyanates is 1. The van der Waals surface area contributed by atoms with E-state index in [2.05, 4.69) is 29.3 Å². The molecule has 0 aliphatic heterocycles. The Bertz CT molecular complexity index is 500. The van der Waals surface area contributed by atoms with Gasteiger partial charge in [0.15, 0.2) is 0 Å². The lowest BCUT2D eigenvalue weighted by Crippen LogP contribution is -2.15. The molecule has 1 nitrogen and oxygen atoms in total. The highest BCUT2D eigenvalue weighted by atomic mass is 32.1. The normalized spacial score (nSPS) is 21.8. The van der Waals surface area contributed by atoms with Crippen molar-refractivity contribution in [2.75, 3.05) is 0 Å². The van der Waals surface area contributed by atoms with Crippen LogP contribution in [0, 0.1) is 17.7 Å². The summed E-state index contributed by atoms with van der Waals surface area (Å²) in [7, 11) is 0. The van der Waals surface area contributed by atoms with Gasteiger partial charge >= 0.3 is 0 Å². The summed E-state index contributed by atoms with van der Waals surface area (Å²) in [6, 6.07) is 5.24. The summed E-state index contributed by atoms with van der Waals surface area (Å²) in [5.41, 5.74) is 1.35. The van der Waals surface area contributed by atoms with Crippen molar-refractivity contribution in [1.29, 1.82) is 0 Å². The van der Waals surface area contributed by atoms with Crippen molar-refractivity contribution in [3.63, 3.8) is 0 Å². The average molecular weight is 305 g/mol. The van der Waals surface area contributed by atoms with Gasteiger partial charge in [0.05, 0.1) is 5.16 Å². The Kier molecular flexibility index (Phi) is 6.53. The second-order valence-corrected chi connectivity index (χ2v) is 6.39. The lowest BCUT2D eigenvalue weighted by atomic mass is 9.78. The molecule has 1 aromatic carbocycles. The molecule has 0 N–H and O–H groups in total. The van der Waals surface area contributed by atoms with Gasteiger partial charge in [0.25, 0.3) is 0 Å². The lowest BCUT2D eigenvalue weighted by Gasteiger charge is -2.28. The van der Waals surface area contributed by atoms with Crippen LogP contribution in [0.15, 0.2) is 23.2 Å². The Labute approximate surface area is 132 Å². The first-order valence-electron chi connectivity index (χ1n) is 8.09. The monoisotopic (exact) mass is 305 g/mol. The number of halogens is 1. The molecular formula is C18H24FNS. The average Bonchev–Trinajstić information content (AvgIpc) is 2.49. The Balaban J connectivity index is 1.81. The first-order valence-corrected chi connectivity index (χ1v) is 8.50. The molecule has 0 unspecified atom stereocenters. The lowest BCUT2D eigenvalue weighted by molar-refractivity contribution is 0.252. The molecule has 3 heteroatoms. The number of hydrogen-bond acceptors (Lipinski definition) is 2. The van der Waals surface area contributed by atoms with Gasteiger partial charge in [-0.3, -0.25) is 0 Å². The largest absolute Gasteiger partial charge is 0.205 e. The Morgan fingerprint density at radius 1 is 1.19 bits per heavy atom. The van der Waals surface area contributed by atoms with Crippen molar-refractivity contribution in [1.82, 2.24) is 0 Å². The van der Waals surface area contributed by atoms with E-state index >= 15 is 0 Å². The predicted octanol–water partition coefficient (Wildman–Crippen LogP) is 6.10. The van der Waals surface area contributed by atoms with Crippen molar-refractivity contribution in [2.24, 2.45) is 16.8 Å². The minimum Gasteiger partial charge on any atom is -0.205 e. The van der Waals surface area contributed by atoms with E-state index in [0.717, 1.165) is 23.8 Å². The fourth-order valence-electron chi connectivity index (χ4n) is 3.43. The number of benzene rings is 1. The van der Waals surface area contributed by atoms with Crippen molar-refractivity contribution >= 4 is 23.1 Å². The van der Waals surface area contributed by atoms with Gasteiger partial charge in [0.1, 0.15) is 11.5 Å². The van der Waals surface area contributed by atoms with Crippen LogP contribution in [0.3, 0.4) is 0 Å². The Morgan fingerprint density at radius 2 is 1.86 bits per heavy atom. The second-order valence-electron chi connectivity index (χ2n) is 6.20. The summed E-state index contributed by atoms with van der Waals surface area (Å²) in [6.07, 6.45) is 10.3. The van der Waals surface area contributed by atoms with Gasteiger partial charge in [0.2, 0.25) is 0 Å². The van der Waals surface area contributed by atoms with Crippen LogP contribution >= 0.6 is 12.2 Å². The van der Waals surface area contributed by atoms with Crippen LogP contribution in [0.4, 0.5) is 10.1 Å². The quantitative estimate of drug-likeness (QED) is 0.457. The molecule has 1 fully saturated rings. The zero-order valence-electron chi connectivity index (χ0n) is 12.8. The molecule has 0 aromatic heterocycles. The van der Waals surface area contributed by atoms with Crippen LogP contribution in [-0.2, 0) is 6.42 Å². The topological polar surface area (TPSA) is 12.4 Å². The van der Waals surface area contributed by atoms with Crippen LogP contribution in [0.5, 0.6) is 0 Å². The van der Waals surface area contributed by atoms with Crippen molar-refractivity contribution in [2.45, 2.75) is 58.3 Å². The van der Waals surface area contributed by atoms with Gasteiger partial charge in [-0.1, -0.05) is 51.5 Å². The molecule has 0 atom stereocenters.